The van der Waals surface area contributed by atoms with Crippen molar-refractivity contribution in [3.63, 3.8) is 0 Å². The largest absolute Gasteiger partial charge is 0.375 e. The summed E-state index contributed by atoms with van der Waals surface area (Å²) in [6.45, 7) is 2.33. The Morgan fingerprint density at radius 2 is 2.10 bits per heavy atom. The molecule has 1 aromatic carbocycles. The quantitative estimate of drug-likeness (QED) is 0.756. The SMILES string of the molecule is O=C(CN1CCOC2CCCCC21)Nc1cccc(S(=O)(=O)NC2=NCCC2)c1. The van der Waals surface area contributed by atoms with Crippen molar-refractivity contribution in [2.45, 2.75) is 55.6 Å². The van der Waals surface area contributed by atoms with Crippen LogP contribution in [0.5, 0.6) is 0 Å². The van der Waals surface area contributed by atoms with Crippen LogP contribution >= 0.6 is 0 Å². The number of ether oxygens (including phenoxy) is 1. The first-order valence-electron chi connectivity index (χ1n) is 10.3. The molecule has 1 saturated carbocycles. The highest BCUT2D eigenvalue weighted by Gasteiger charge is 2.34. The van der Waals surface area contributed by atoms with Crippen molar-refractivity contribution in [2.75, 3.05) is 31.6 Å². The van der Waals surface area contributed by atoms with Gasteiger partial charge in [0.2, 0.25) is 5.91 Å². The first-order valence-corrected chi connectivity index (χ1v) is 11.8. The fourth-order valence-corrected chi connectivity index (χ4v) is 5.47. The Kier molecular flexibility index (Phi) is 6.17. The lowest BCUT2D eigenvalue weighted by Crippen LogP contribution is -2.54. The predicted molar refractivity (Wildman–Crippen MR) is 110 cm³/mol. The summed E-state index contributed by atoms with van der Waals surface area (Å²) < 4.78 is 33.5. The Bertz CT molecular complexity index is 884. The Morgan fingerprint density at radius 3 is 2.93 bits per heavy atom. The number of amidine groups is 1. The average Bonchev–Trinajstić information content (AvgIpc) is 3.21. The predicted octanol–water partition coefficient (Wildman–Crippen LogP) is 1.74. The summed E-state index contributed by atoms with van der Waals surface area (Å²) in [6, 6.07) is 6.63. The highest BCUT2D eigenvalue weighted by molar-refractivity contribution is 7.90. The Labute approximate surface area is 171 Å². The zero-order valence-corrected chi connectivity index (χ0v) is 17.3. The first-order chi connectivity index (χ1) is 14.0. The fraction of sp³-hybridized carbons (Fsp3) is 0.600. The third kappa shape index (κ3) is 4.96. The van der Waals surface area contributed by atoms with Crippen LogP contribution in [0.1, 0.15) is 38.5 Å². The number of morpholine rings is 1. The molecule has 0 spiro atoms. The number of carbonyl (C=O) groups excluding carboxylic acids is 1. The highest BCUT2D eigenvalue weighted by atomic mass is 32.2. The van der Waals surface area contributed by atoms with Crippen LogP contribution in [-0.2, 0) is 19.6 Å². The molecular weight excluding hydrogens is 392 g/mol. The molecular formula is C20H28N4O4S. The second kappa shape index (κ2) is 8.81. The molecule has 2 heterocycles. The van der Waals surface area contributed by atoms with Gasteiger partial charge in [0.25, 0.3) is 10.0 Å². The van der Waals surface area contributed by atoms with Gasteiger partial charge < -0.3 is 10.1 Å². The molecule has 2 atom stereocenters. The van der Waals surface area contributed by atoms with Crippen molar-refractivity contribution in [1.82, 2.24) is 9.62 Å². The maximum absolute atomic E-state index is 12.6. The van der Waals surface area contributed by atoms with Crippen molar-refractivity contribution in [1.29, 1.82) is 0 Å². The molecule has 2 unspecified atom stereocenters. The van der Waals surface area contributed by atoms with E-state index in [1.54, 1.807) is 12.1 Å². The number of benzene rings is 1. The molecule has 2 N–H and O–H groups in total. The number of anilines is 1. The molecule has 158 valence electrons. The number of aliphatic imine (C=N–C) groups is 1. The van der Waals surface area contributed by atoms with E-state index < -0.39 is 10.0 Å². The maximum atomic E-state index is 12.6. The number of sulfonamides is 1. The van der Waals surface area contributed by atoms with Gasteiger partial charge in [-0.3, -0.25) is 19.4 Å². The number of nitrogens with zero attached hydrogens (tertiary/aromatic N) is 2. The van der Waals surface area contributed by atoms with E-state index in [0.29, 0.717) is 37.1 Å². The lowest BCUT2D eigenvalue weighted by molar-refractivity contribution is -0.124. The van der Waals surface area contributed by atoms with Gasteiger partial charge >= 0.3 is 0 Å². The van der Waals surface area contributed by atoms with Crippen molar-refractivity contribution in [3.8, 4) is 0 Å². The maximum Gasteiger partial charge on any atom is 0.262 e. The zero-order valence-electron chi connectivity index (χ0n) is 16.5. The van der Waals surface area contributed by atoms with Crippen molar-refractivity contribution < 1.29 is 17.9 Å². The van der Waals surface area contributed by atoms with Gasteiger partial charge in [0.15, 0.2) is 0 Å². The minimum absolute atomic E-state index is 0.114. The van der Waals surface area contributed by atoms with Gasteiger partial charge in [0.1, 0.15) is 5.84 Å². The fourth-order valence-electron chi connectivity index (χ4n) is 4.34. The Hall–Kier alpha value is -1.97. The second-order valence-corrected chi connectivity index (χ2v) is 9.53. The van der Waals surface area contributed by atoms with Crippen LogP contribution in [0.3, 0.4) is 0 Å². The molecule has 1 aromatic rings. The van der Waals surface area contributed by atoms with Crippen LogP contribution in [0.4, 0.5) is 5.69 Å². The summed E-state index contributed by atoms with van der Waals surface area (Å²) in [5.74, 6) is 0.354. The third-order valence-electron chi connectivity index (χ3n) is 5.75. The number of hydrogen-bond acceptors (Lipinski definition) is 6. The molecule has 0 bridgehead atoms. The molecule has 9 heteroatoms. The van der Waals surface area contributed by atoms with Gasteiger partial charge in [0.05, 0.1) is 24.2 Å². The van der Waals surface area contributed by atoms with Crippen LogP contribution in [0.25, 0.3) is 0 Å². The molecule has 1 saturated heterocycles. The lowest BCUT2D eigenvalue weighted by atomic mass is 9.90. The highest BCUT2D eigenvalue weighted by Crippen LogP contribution is 2.28. The standard InChI is InChI=1S/C20H28N4O4S/c25-20(14-24-11-12-28-18-8-2-1-7-17(18)24)22-15-5-3-6-16(13-15)29(26,27)23-19-9-4-10-21-19/h3,5-6,13,17-18H,1-2,4,7-12,14H2,(H,21,23)(H,22,25). The summed E-state index contributed by atoms with van der Waals surface area (Å²) >= 11 is 0. The molecule has 2 fully saturated rings. The number of carbonyl (C=O) groups is 1. The lowest BCUT2D eigenvalue weighted by Gasteiger charge is -2.43. The van der Waals surface area contributed by atoms with E-state index in [9.17, 15) is 13.2 Å². The molecule has 1 amide bonds. The summed E-state index contributed by atoms with van der Waals surface area (Å²) in [6.07, 6.45) is 6.18. The van der Waals surface area contributed by atoms with Crippen LogP contribution in [0.15, 0.2) is 34.2 Å². The summed E-state index contributed by atoms with van der Waals surface area (Å²) in [4.78, 5) is 19.1. The van der Waals surface area contributed by atoms with E-state index in [-0.39, 0.29) is 23.5 Å². The molecule has 1 aliphatic carbocycles. The monoisotopic (exact) mass is 420 g/mol. The van der Waals surface area contributed by atoms with Crippen molar-refractivity contribution in [3.05, 3.63) is 24.3 Å². The Balaban J connectivity index is 1.39. The molecule has 8 nitrogen and oxygen atoms in total. The molecule has 29 heavy (non-hydrogen) atoms. The minimum Gasteiger partial charge on any atom is -0.375 e. The molecule has 2 aliphatic heterocycles. The van der Waals surface area contributed by atoms with E-state index >= 15 is 0 Å². The van der Waals surface area contributed by atoms with Crippen LogP contribution in [0.2, 0.25) is 0 Å². The molecule has 0 radical (unpaired) electrons. The van der Waals surface area contributed by atoms with Gasteiger partial charge in [-0.25, -0.2) is 8.42 Å². The van der Waals surface area contributed by atoms with Gasteiger partial charge in [-0.05, 0) is 37.5 Å². The third-order valence-corrected chi connectivity index (χ3v) is 7.13. The van der Waals surface area contributed by atoms with Crippen molar-refractivity contribution >= 4 is 27.5 Å². The number of rotatable bonds is 5. The molecule has 0 aromatic heterocycles. The van der Waals surface area contributed by atoms with Gasteiger partial charge in [0, 0.05) is 31.2 Å². The van der Waals surface area contributed by atoms with E-state index in [1.165, 1.54) is 25.0 Å². The number of amides is 1. The van der Waals surface area contributed by atoms with E-state index in [1.807, 2.05) is 0 Å². The first kappa shape index (κ1) is 20.3. The van der Waals surface area contributed by atoms with Crippen LogP contribution in [0, 0.1) is 0 Å². The van der Waals surface area contributed by atoms with E-state index in [4.69, 9.17) is 4.74 Å². The van der Waals surface area contributed by atoms with Gasteiger partial charge in [-0.1, -0.05) is 18.9 Å². The van der Waals surface area contributed by atoms with E-state index in [0.717, 1.165) is 25.8 Å². The van der Waals surface area contributed by atoms with E-state index in [2.05, 4.69) is 19.9 Å². The van der Waals surface area contributed by atoms with Crippen molar-refractivity contribution in [2.24, 2.45) is 4.99 Å². The summed E-state index contributed by atoms with van der Waals surface area (Å²) in [7, 11) is -3.70. The summed E-state index contributed by atoms with van der Waals surface area (Å²) in [5, 5.41) is 2.85. The van der Waals surface area contributed by atoms with Gasteiger partial charge in [-0.15, -0.1) is 0 Å². The van der Waals surface area contributed by atoms with Crippen LogP contribution in [-0.4, -0.2) is 63.4 Å². The van der Waals surface area contributed by atoms with Crippen LogP contribution < -0.4 is 10.0 Å². The summed E-state index contributed by atoms with van der Waals surface area (Å²) in [5.41, 5.74) is 0.472. The van der Waals surface area contributed by atoms with Gasteiger partial charge in [-0.2, -0.15) is 0 Å². The molecule has 4 rings (SSSR count). The number of nitrogens with one attached hydrogen (secondary N) is 2. The number of hydrogen-bond donors (Lipinski definition) is 2. The smallest absolute Gasteiger partial charge is 0.262 e. The molecule has 3 aliphatic rings. The Morgan fingerprint density at radius 1 is 1.24 bits per heavy atom. The minimum atomic E-state index is -3.70. The normalized spacial score (nSPS) is 25.2. The zero-order chi connectivity index (χ0) is 20.3. The average molecular weight is 421 g/mol. The topological polar surface area (TPSA) is 100 Å². The second-order valence-electron chi connectivity index (χ2n) is 7.84. The number of fused-ring (bicyclic) bond motifs is 1.